The molecule has 0 saturated heterocycles. The molecule has 0 aliphatic carbocycles. The molecule has 0 spiro atoms. The number of benzene rings is 1. The number of hydrogen-bond donors (Lipinski definition) is 1. The maximum absolute atomic E-state index is 5.20. The van der Waals surface area contributed by atoms with Crippen LogP contribution in [0.1, 0.15) is 21.4 Å². The van der Waals surface area contributed by atoms with E-state index in [0.29, 0.717) is 0 Å². The zero-order chi connectivity index (χ0) is 14.5. The molecule has 0 amide bonds. The zero-order valence-corrected chi connectivity index (χ0v) is 13.4. The van der Waals surface area contributed by atoms with Gasteiger partial charge < -0.3 is 10.1 Å². The predicted octanol–water partition coefficient (Wildman–Crippen LogP) is 4.70. The van der Waals surface area contributed by atoms with Gasteiger partial charge in [-0.1, -0.05) is 24.3 Å². The Morgan fingerprint density at radius 1 is 0.952 bits per heavy atom. The van der Waals surface area contributed by atoms with Crippen molar-refractivity contribution in [3.8, 4) is 5.75 Å². The van der Waals surface area contributed by atoms with E-state index in [-0.39, 0.29) is 6.04 Å². The Kier molecular flexibility index (Phi) is 4.70. The summed E-state index contributed by atoms with van der Waals surface area (Å²) in [5.74, 6) is 0.895. The molecule has 0 unspecified atom stereocenters. The lowest BCUT2D eigenvalue weighted by Gasteiger charge is -2.16. The van der Waals surface area contributed by atoms with Gasteiger partial charge in [-0.2, -0.15) is 0 Å². The molecule has 2 heterocycles. The van der Waals surface area contributed by atoms with Crippen molar-refractivity contribution in [3.05, 3.63) is 74.6 Å². The molecule has 0 aliphatic heterocycles. The zero-order valence-electron chi connectivity index (χ0n) is 11.8. The summed E-state index contributed by atoms with van der Waals surface area (Å²) in [7, 11) is 1.69. The van der Waals surface area contributed by atoms with Gasteiger partial charge in [-0.25, -0.2) is 0 Å². The third-order valence-electron chi connectivity index (χ3n) is 3.32. The molecular formula is C17H17NOS2. The first-order chi connectivity index (χ1) is 10.4. The molecule has 0 aliphatic rings. The molecular weight excluding hydrogens is 298 g/mol. The average molecular weight is 315 g/mol. The van der Waals surface area contributed by atoms with Crippen molar-refractivity contribution in [2.24, 2.45) is 0 Å². The Balaban J connectivity index is 1.73. The van der Waals surface area contributed by atoms with Crippen LogP contribution in [0.2, 0.25) is 0 Å². The average Bonchev–Trinajstić information content (AvgIpc) is 3.22. The summed E-state index contributed by atoms with van der Waals surface area (Å²) in [6.07, 6.45) is 0. The van der Waals surface area contributed by atoms with Crippen molar-refractivity contribution in [2.45, 2.75) is 12.6 Å². The largest absolute Gasteiger partial charge is 0.497 e. The quantitative estimate of drug-likeness (QED) is 0.712. The van der Waals surface area contributed by atoms with Gasteiger partial charge in [0.15, 0.2) is 0 Å². The van der Waals surface area contributed by atoms with E-state index < -0.39 is 0 Å². The van der Waals surface area contributed by atoms with E-state index in [4.69, 9.17) is 4.74 Å². The van der Waals surface area contributed by atoms with Crippen LogP contribution in [0.15, 0.2) is 59.3 Å². The molecule has 0 fully saturated rings. The van der Waals surface area contributed by atoms with Crippen LogP contribution >= 0.6 is 22.7 Å². The second-order valence-electron chi connectivity index (χ2n) is 4.69. The number of rotatable bonds is 6. The second-order valence-corrected chi connectivity index (χ2v) is 6.65. The summed E-state index contributed by atoms with van der Waals surface area (Å²) >= 11 is 3.59. The van der Waals surface area contributed by atoms with Crippen LogP contribution in [0.5, 0.6) is 5.75 Å². The highest BCUT2D eigenvalue weighted by atomic mass is 32.1. The van der Waals surface area contributed by atoms with Crippen molar-refractivity contribution in [1.82, 2.24) is 5.32 Å². The number of nitrogens with one attached hydrogen (secondary N) is 1. The lowest BCUT2D eigenvalue weighted by atomic mass is 10.1. The smallest absolute Gasteiger partial charge is 0.118 e. The maximum Gasteiger partial charge on any atom is 0.118 e. The minimum absolute atomic E-state index is 0.270. The summed E-state index contributed by atoms with van der Waals surface area (Å²) in [5, 5.41) is 7.92. The highest BCUT2D eigenvalue weighted by molar-refractivity contribution is 7.11. The Bertz CT molecular complexity index is 610. The third kappa shape index (κ3) is 3.53. The molecule has 0 radical (unpaired) electrons. The van der Waals surface area contributed by atoms with Crippen molar-refractivity contribution in [1.29, 1.82) is 0 Å². The molecule has 0 saturated carbocycles. The Hall–Kier alpha value is -1.62. The third-order valence-corrected chi connectivity index (χ3v) is 5.20. The van der Waals surface area contributed by atoms with Gasteiger partial charge >= 0.3 is 0 Å². The summed E-state index contributed by atoms with van der Waals surface area (Å²) in [4.78, 5) is 2.71. The normalized spacial score (nSPS) is 11.0. The fourth-order valence-corrected chi connectivity index (χ4v) is 3.93. The van der Waals surface area contributed by atoms with E-state index in [1.807, 2.05) is 12.1 Å². The fourth-order valence-electron chi connectivity index (χ4n) is 2.22. The van der Waals surface area contributed by atoms with Crippen LogP contribution in [0.4, 0.5) is 0 Å². The van der Waals surface area contributed by atoms with Crippen LogP contribution in [0.3, 0.4) is 0 Å². The van der Waals surface area contributed by atoms with Crippen LogP contribution in [0.25, 0.3) is 0 Å². The van der Waals surface area contributed by atoms with E-state index in [2.05, 4.69) is 52.5 Å². The highest BCUT2D eigenvalue weighted by Crippen LogP contribution is 2.29. The van der Waals surface area contributed by atoms with Gasteiger partial charge in [0.25, 0.3) is 0 Å². The molecule has 3 aromatic rings. The van der Waals surface area contributed by atoms with Crippen LogP contribution in [-0.4, -0.2) is 7.11 Å². The molecule has 21 heavy (non-hydrogen) atoms. The van der Waals surface area contributed by atoms with Crippen LogP contribution in [0, 0.1) is 0 Å². The van der Waals surface area contributed by atoms with E-state index in [0.717, 1.165) is 12.3 Å². The van der Waals surface area contributed by atoms with Gasteiger partial charge in [0, 0.05) is 16.3 Å². The lowest BCUT2D eigenvalue weighted by Crippen LogP contribution is -2.20. The Morgan fingerprint density at radius 2 is 1.57 bits per heavy atom. The fraction of sp³-hybridized carbons (Fsp3) is 0.176. The van der Waals surface area contributed by atoms with Crippen molar-refractivity contribution in [2.75, 3.05) is 7.11 Å². The maximum atomic E-state index is 5.20. The molecule has 2 nitrogen and oxygen atoms in total. The monoisotopic (exact) mass is 315 g/mol. The summed E-state index contributed by atoms with van der Waals surface area (Å²) in [5.41, 5.74) is 1.26. The minimum Gasteiger partial charge on any atom is -0.497 e. The predicted molar refractivity (Wildman–Crippen MR) is 90.3 cm³/mol. The lowest BCUT2D eigenvalue weighted by molar-refractivity contribution is 0.414. The van der Waals surface area contributed by atoms with E-state index >= 15 is 0 Å². The van der Waals surface area contributed by atoms with E-state index in [9.17, 15) is 0 Å². The van der Waals surface area contributed by atoms with Gasteiger partial charge in [0.1, 0.15) is 5.75 Å². The molecule has 4 heteroatoms. The number of thiophene rings is 2. The molecule has 1 aromatic carbocycles. The van der Waals surface area contributed by atoms with Crippen molar-refractivity contribution < 1.29 is 4.74 Å². The summed E-state index contributed by atoms with van der Waals surface area (Å²) in [6, 6.07) is 17.1. The number of hydrogen-bond acceptors (Lipinski definition) is 4. The van der Waals surface area contributed by atoms with Crippen LogP contribution in [-0.2, 0) is 6.54 Å². The topological polar surface area (TPSA) is 21.3 Å². The SMILES string of the molecule is COc1ccc(CNC(c2cccs2)c2cccs2)cc1. The number of ether oxygens (including phenoxy) is 1. The van der Waals surface area contributed by atoms with Gasteiger partial charge in [0.2, 0.25) is 0 Å². The molecule has 1 N–H and O–H groups in total. The van der Waals surface area contributed by atoms with Crippen molar-refractivity contribution >= 4 is 22.7 Å². The van der Waals surface area contributed by atoms with Gasteiger partial charge in [-0.3, -0.25) is 0 Å². The highest BCUT2D eigenvalue weighted by Gasteiger charge is 2.15. The second kappa shape index (κ2) is 6.89. The van der Waals surface area contributed by atoms with Crippen molar-refractivity contribution in [3.63, 3.8) is 0 Å². The molecule has 3 rings (SSSR count). The molecule has 2 aromatic heterocycles. The standard InChI is InChI=1S/C17H17NOS2/c1-19-14-8-6-13(7-9-14)12-18-17(15-4-2-10-20-15)16-5-3-11-21-16/h2-11,17-18H,12H2,1H3. The summed E-state index contributed by atoms with van der Waals surface area (Å²) < 4.78 is 5.20. The first kappa shape index (κ1) is 14.3. The number of methoxy groups -OCH3 is 1. The van der Waals surface area contributed by atoms with Gasteiger partial charge in [-0.05, 0) is 40.6 Å². The Morgan fingerprint density at radius 3 is 2.05 bits per heavy atom. The molecule has 0 atom stereocenters. The van der Waals surface area contributed by atoms with Gasteiger partial charge in [0.05, 0.1) is 13.2 Å². The molecule has 108 valence electrons. The molecule has 0 bridgehead atoms. The summed E-state index contributed by atoms with van der Waals surface area (Å²) in [6.45, 7) is 0.838. The first-order valence-corrected chi connectivity index (χ1v) is 8.56. The van der Waals surface area contributed by atoms with Gasteiger partial charge in [-0.15, -0.1) is 22.7 Å². The van der Waals surface area contributed by atoms with E-state index in [1.165, 1.54) is 15.3 Å². The minimum atomic E-state index is 0.270. The first-order valence-electron chi connectivity index (χ1n) is 6.80. The van der Waals surface area contributed by atoms with Crippen LogP contribution < -0.4 is 10.1 Å². The van der Waals surface area contributed by atoms with E-state index in [1.54, 1.807) is 29.8 Å². The Labute approximate surface area is 133 Å².